The minimum Gasteiger partial charge on any atom is -0.507 e. The molecule has 0 aliphatic carbocycles. The maximum Gasteiger partial charge on any atom is 0.204 e. The average molecular weight is 737 g/mol. The molecular formula is C36H48Br2O6. The first-order valence-corrected chi connectivity index (χ1v) is 18.0. The van der Waals surface area contributed by atoms with Gasteiger partial charge in [0.2, 0.25) is 5.43 Å². The van der Waals surface area contributed by atoms with Gasteiger partial charge in [0.1, 0.15) is 33.8 Å². The Labute approximate surface area is 278 Å². The summed E-state index contributed by atoms with van der Waals surface area (Å²) in [6, 6.07) is 3.45. The molecule has 0 aliphatic heterocycles. The van der Waals surface area contributed by atoms with E-state index in [9.17, 15) is 15.0 Å². The molecule has 1 heterocycles. The van der Waals surface area contributed by atoms with Crippen molar-refractivity contribution in [2.45, 2.75) is 98.5 Å². The van der Waals surface area contributed by atoms with E-state index in [1.807, 2.05) is 39.8 Å². The highest BCUT2D eigenvalue weighted by Gasteiger charge is 2.23. The van der Waals surface area contributed by atoms with Gasteiger partial charge in [0.15, 0.2) is 0 Å². The highest BCUT2D eigenvalue weighted by atomic mass is 79.9. The van der Waals surface area contributed by atoms with Crippen molar-refractivity contribution in [1.29, 1.82) is 0 Å². The van der Waals surface area contributed by atoms with Gasteiger partial charge < -0.3 is 24.1 Å². The van der Waals surface area contributed by atoms with Gasteiger partial charge in [-0.15, -0.1) is 0 Å². The molecule has 2 aromatic carbocycles. The van der Waals surface area contributed by atoms with E-state index in [1.165, 1.54) is 0 Å². The number of benzene rings is 2. The maximum atomic E-state index is 14.2. The summed E-state index contributed by atoms with van der Waals surface area (Å²) in [5.74, 6) is 0.921. The molecule has 2 N–H and O–H groups in total. The fourth-order valence-electron chi connectivity index (χ4n) is 5.19. The number of unbranched alkanes of at least 4 members (excludes halogenated alkanes) is 6. The Bertz CT molecular complexity index is 1500. The first-order chi connectivity index (χ1) is 21.2. The van der Waals surface area contributed by atoms with Crippen molar-refractivity contribution in [1.82, 2.24) is 0 Å². The molecule has 6 nitrogen and oxygen atoms in total. The lowest BCUT2D eigenvalue weighted by molar-refractivity contribution is 0.259. The number of allylic oxidation sites excluding steroid dienone is 4. The first kappa shape index (κ1) is 36.2. The Morgan fingerprint density at radius 1 is 0.727 bits per heavy atom. The molecule has 8 heteroatoms. The standard InChI is InChI=1S/C36H48Br2O6/c1-24(2)13-15-26-28(23-39)30(43-20-12-8-6-10-18-38)22-31-33(26)36(41)34-32(44-31)21-29(42-19-11-7-5-9-17-37)27(35(34)40)16-14-25(3)4/h13-14,21-22,39-40H,5-12,15-20,23H2,1-4H3. The molecule has 242 valence electrons. The molecule has 0 amide bonds. The fraction of sp³-hybridized carbons (Fsp3) is 0.528. The molecule has 0 spiro atoms. The lowest BCUT2D eigenvalue weighted by Gasteiger charge is -2.18. The van der Waals surface area contributed by atoms with Crippen molar-refractivity contribution >= 4 is 53.8 Å². The van der Waals surface area contributed by atoms with Crippen molar-refractivity contribution in [3.8, 4) is 17.2 Å². The van der Waals surface area contributed by atoms with Gasteiger partial charge in [-0.25, -0.2) is 0 Å². The second-order valence-corrected chi connectivity index (χ2v) is 13.3. The van der Waals surface area contributed by atoms with Crippen LogP contribution in [0.2, 0.25) is 0 Å². The van der Waals surface area contributed by atoms with E-state index in [0.29, 0.717) is 65.2 Å². The van der Waals surface area contributed by atoms with Crippen LogP contribution in [0, 0.1) is 0 Å². The normalized spacial score (nSPS) is 11.2. The van der Waals surface area contributed by atoms with Gasteiger partial charge in [-0.3, -0.25) is 4.79 Å². The SMILES string of the molecule is CC(C)=CCc1c(OCCCCCCBr)cc2oc3cc(OCCCCCCBr)c(CO)c(CC=C(C)C)c3c(=O)c2c1O. The molecule has 0 aliphatic rings. The summed E-state index contributed by atoms with van der Waals surface area (Å²) in [6.45, 7) is 8.72. The minimum absolute atomic E-state index is 0.118. The topological polar surface area (TPSA) is 89.1 Å². The summed E-state index contributed by atoms with van der Waals surface area (Å²) >= 11 is 6.95. The second kappa shape index (κ2) is 18.6. The van der Waals surface area contributed by atoms with Gasteiger partial charge in [-0.05, 0) is 71.8 Å². The number of fused-ring (bicyclic) bond motifs is 2. The van der Waals surface area contributed by atoms with Gasteiger partial charge in [-0.1, -0.05) is 80.8 Å². The molecule has 0 saturated carbocycles. The number of hydrogen-bond donors (Lipinski definition) is 2. The van der Waals surface area contributed by atoms with E-state index in [2.05, 4.69) is 31.9 Å². The molecule has 0 saturated heterocycles. The van der Waals surface area contributed by atoms with Gasteiger partial charge in [0.05, 0.1) is 25.2 Å². The molecule has 1 aromatic heterocycles. The summed E-state index contributed by atoms with van der Waals surface area (Å²) in [7, 11) is 0. The number of phenols is 1. The number of phenolic OH excluding ortho intramolecular Hbond substituents is 1. The summed E-state index contributed by atoms with van der Waals surface area (Å²) < 4.78 is 18.8. The van der Waals surface area contributed by atoms with Crippen molar-refractivity contribution in [2.75, 3.05) is 23.9 Å². The Kier molecular flexibility index (Phi) is 15.3. The number of aromatic hydroxyl groups is 1. The summed E-state index contributed by atoms with van der Waals surface area (Å²) in [4.78, 5) is 14.2. The summed E-state index contributed by atoms with van der Waals surface area (Å²) in [5, 5.41) is 24.5. The van der Waals surface area contributed by atoms with Crippen LogP contribution in [0.25, 0.3) is 21.9 Å². The third-order valence-electron chi connectivity index (χ3n) is 7.63. The van der Waals surface area contributed by atoms with Crippen LogP contribution >= 0.6 is 31.9 Å². The van der Waals surface area contributed by atoms with Crippen LogP contribution in [-0.4, -0.2) is 34.1 Å². The number of aliphatic hydroxyl groups excluding tert-OH is 1. The van der Waals surface area contributed by atoms with Crippen molar-refractivity contribution in [3.63, 3.8) is 0 Å². The molecule has 0 unspecified atom stereocenters. The zero-order valence-electron chi connectivity index (χ0n) is 26.7. The Balaban J connectivity index is 2.17. The first-order valence-electron chi connectivity index (χ1n) is 15.8. The van der Waals surface area contributed by atoms with Crippen molar-refractivity contribution < 1.29 is 24.1 Å². The Morgan fingerprint density at radius 2 is 1.20 bits per heavy atom. The zero-order valence-corrected chi connectivity index (χ0v) is 29.9. The van der Waals surface area contributed by atoms with Crippen LogP contribution < -0.4 is 14.9 Å². The molecule has 0 atom stereocenters. The lowest BCUT2D eigenvalue weighted by atomic mass is 9.95. The number of hydrogen-bond acceptors (Lipinski definition) is 6. The van der Waals surface area contributed by atoms with Crippen LogP contribution in [-0.2, 0) is 19.4 Å². The van der Waals surface area contributed by atoms with Gasteiger partial charge in [0.25, 0.3) is 0 Å². The molecule has 0 bridgehead atoms. The third kappa shape index (κ3) is 9.85. The van der Waals surface area contributed by atoms with E-state index in [1.54, 1.807) is 12.1 Å². The summed E-state index contributed by atoms with van der Waals surface area (Å²) in [6.07, 6.45) is 13.2. The number of aliphatic hydroxyl groups is 1. The van der Waals surface area contributed by atoms with Crippen molar-refractivity contribution in [2.24, 2.45) is 0 Å². The van der Waals surface area contributed by atoms with E-state index >= 15 is 0 Å². The highest BCUT2D eigenvalue weighted by Crippen LogP contribution is 2.39. The largest absolute Gasteiger partial charge is 0.507 e. The monoisotopic (exact) mass is 734 g/mol. The smallest absolute Gasteiger partial charge is 0.204 e. The predicted octanol–water partition coefficient (Wildman–Crippen LogP) is 9.83. The van der Waals surface area contributed by atoms with Crippen LogP contribution in [0.1, 0.15) is 95.8 Å². The molecule has 44 heavy (non-hydrogen) atoms. The van der Waals surface area contributed by atoms with Crippen LogP contribution in [0.15, 0.2) is 44.6 Å². The predicted molar refractivity (Wildman–Crippen MR) is 189 cm³/mol. The fourth-order valence-corrected chi connectivity index (χ4v) is 5.99. The Morgan fingerprint density at radius 3 is 1.70 bits per heavy atom. The van der Waals surface area contributed by atoms with Gasteiger partial charge in [-0.2, -0.15) is 0 Å². The summed E-state index contributed by atoms with van der Waals surface area (Å²) in [5.41, 5.74) is 4.29. The van der Waals surface area contributed by atoms with E-state index in [4.69, 9.17) is 13.9 Å². The molecule has 3 aromatic rings. The Hall–Kier alpha value is -2.29. The number of ether oxygens (including phenoxy) is 2. The lowest BCUT2D eigenvalue weighted by Crippen LogP contribution is -2.11. The van der Waals surface area contributed by atoms with Crippen LogP contribution in [0.5, 0.6) is 17.2 Å². The zero-order chi connectivity index (χ0) is 32.1. The van der Waals surface area contributed by atoms with E-state index in [-0.39, 0.29) is 28.8 Å². The average Bonchev–Trinajstić information content (AvgIpc) is 2.98. The van der Waals surface area contributed by atoms with Gasteiger partial charge in [0, 0.05) is 33.9 Å². The van der Waals surface area contributed by atoms with Crippen LogP contribution in [0.3, 0.4) is 0 Å². The number of halogens is 2. The highest BCUT2D eigenvalue weighted by molar-refractivity contribution is 9.09. The van der Waals surface area contributed by atoms with Crippen molar-refractivity contribution in [3.05, 3.63) is 62.3 Å². The van der Waals surface area contributed by atoms with E-state index < -0.39 is 0 Å². The second-order valence-electron chi connectivity index (χ2n) is 11.7. The van der Waals surface area contributed by atoms with Crippen LogP contribution in [0.4, 0.5) is 0 Å². The quantitative estimate of drug-likeness (QED) is 0.0552. The number of alkyl halides is 2. The van der Waals surface area contributed by atoms with E-state index in [0.717, 1.165) is 73.2 Å². The molecular weight excluding hydrogens is 688 g/mol. The number of rotatable bonds is 19. The molecule has 3 rings (SSSR count). The third-order valence-corrected chi connectivity index (χ3v) is 8.75. The minimum atomic E-state index is -0.327. The molecule has 0 radical (unpaired) electrons. The van der Waals surface area contributed by atoms with Gasteiger partial charge >= 0.3 is 0 Å². The maximum absolute atomic E-state index is 14.2. The molecule has 0 fully saturated rings.